The highest BCUT2D eigenvalue weighted by atomic mass is 32.2. The van der Waals surface area contributed by atoms with Crippen molar-refractivity contribution >= 4 is 33.3 Å². The zero-order valence-corrected chi connectivity index (χ0v) is 25.7. The minimum atomic E-state index is -0.381. The van der Waals surface area contributed by atoms with Gasteiger partial charge in [0.2, 0.25) is 0 Å². The highest BCUT2D eigenvalue weighted by Gasteiger charge is 2.51. The molecule has 1 aliphatic heterocycles. The van der Waals surface area contributed by atoms with Crippen LogP contribution in [0.15, 0.2) is 168 Å². The maximum Gasteiger partial charge on any atom is 0.0725 e. The molecule has 0 amide bonds. The first-order chi connectivity index (χ1) is 22.8. The summed E-state index contributed by atoms with van der Waals surface area (Å²) >= 11 is 1.90. The predicted octanol–water partition coefficient (Wildman–Crippen LogP) is 12.1. The molecule has 46 heavy (non-hydrogen) atoms. The summed E-state index contributed by atoms with van der Waals surface area (Å²) in [4.78, 5) is 2.66. The molecule has 0 saturated heterocycles. The molecule has 8 aromatic carbocycles. The van der Waals surface area contributed by atoms with E-state index in [4.69, 9.17) is 0 Å². The topological polar surface area (TPSA) is 0 Å². The lowest BCUT2D eigenvalue weighted by atomic mass is 9.70. The van der Waals surface area contributed by atoms with Gasteiger partial charge in [-0.15, -0.1) is 0 Å². The smallest absolute Gasteiger partial charge is 0.0725 e. The number of rotatable bonds is 1. The first-order valence-electron chi connectivity index (χ1n) is 16.0. The molecule has 0 saturated carbocycles. The molecule has 1 heterocycles. The summed E-state index contributed by atoms with van der Waals surface area (Å²) in [5, 5.41) is 5.24. The number of hydrogen-bond acceptors (Lipinski definition) is 1. The first kappa shape index (κ1) is 24.9. The molecule has 0 aromatic heterocycles. The second-order valence-corrected chi connectivity index (χ2v) is 13.9. The summed E-state index contributed by atoms with van der Waals surface area (Å²) in [5.41, 5.74) is 15.8. The highest BCUT2D eigenvalue weighted by molar-refractivity contribution is 7.99. The molecule has 3 aliphatic rings. The second kappa shape index (κ2) is 8.88. The summed E-state index contributed by atoms with van der Waals surface area (Å²) in [6, 6.07) is 59.5. The molecule has 2 aliphatic carbocycles. The lowest BCUT2D eigenvalue weighted by Crippen LogP contribution is -2.25. The zero-order valence-electron chi connectivity index (χ0n) is 24.9. The van der Waals surface area contributed by atoms with Gasteiger partial charge in [-0.2, -0.15) is 0 Å². The van der Waals surface area contributed by atoms with E-state index in [2.05, 4.69) is 158 Å². The van der Waals surface area contributed by atoms with Crippen LogP contribution >= 0.6 is 11.8 Å². The van der Waals surface area contributed by atoms with E-state index in [-0.39, 0.29) is 5.41 Å². The van der Waals surface area contributed by atoms with Gasteiger partial charge in [-0.1, -0.05) is 139 Å². The number of benzene rings is 8. The van der Waals surface area contributed by atoms with Gasteiger partial charge in [0.1, 0.15) is 0 Å². The molecule has 8 aromatic rings. The highest BCUT2D eigenvalue weighted by Crippen LogP contribution is 2.64. The van der Waals surface area contributed by atoms with Crippen LogP contribution in [0.2, 0.25) is 0 Å². The fraction of sp³-hybridized carbons (Fsp3) is 0.0222. The van der Waals surface area contributed by atoms with Crippen LogP contribution in [0.3, 0.4) is 0 Å². The number of fused-ring (bicyclic) bond motifs is 13. The quantitative estimate of drug-likeness (QED) is 0.181. The van der Waals surface area contributed by atoms with Crippen LogP contribution in [0.1, 0.15) is 22.3 Å². The van der Waals surface area contributed by atoms with Crippen molar-refractivity contribution in [1.29, 1.82) is 0 Å². The molecule has 0 unspecified atom stereocenters. The van der Waals surface area contributed by atoms with Crippen molar-refractivity contribution in [3.8, 4) is 44.5 Å². The van der Waals surface area contributed by atoms with Gasteiger partial charge in [0.05, 0.1) is 5.41 Å². The van der Waals surface area contributed by atoms with Gasteiger partial charge in [0.15, 0.2) is 0 Å². The Hall–Kier alpha value is -5.37. The molecule has 0 bridgehead atoms. The lowest BCUT2D eigenvalue weighted by Gasteiger charge is -2.31. The Kier molecular flexibility index (Phi) is 4.80. The van der Waals surface area contributed by atoms with E-state index in [0.717, 1.165) is 0 Å². The molecule has 0 atom stereocenters. The van der Waals surface area contributed by atoms with Crippen molar-refractivity contribution in [1.82, 2.24) is 0 Å². The van der Waals surface area contributed by atoms with Gasteiger partial charge in [0, 0.05) is 20.7 Å². The van der Waals surface area contributed by atoms with E-state index < -0.39 is 0 Å². The van der Waals surface area contributed by atoms with Crippen LogP contribution in [0.5, 0.6) is 0 Å². The third-order valence-electron chi connectivity index (χ3n) is 10.6. The van der Waals surface area contributed by atoms with E-state index in [1.54, 1.807) is 0 Å². The molecule has 1 heteroatoms. The van der Waals surface area contributed by atoms with Crippen molar-refractivity contribution in [2.45, 2.75) is 15.2 Å². The Labute approximate surface area is 272 Å². The standard InChI is InChI=1S/C45H26S/c1-2-11-29-25-40-36(24-28(29)10-1)34-23-22-30(26-39(34)45(40)37-18-5-3-14-32(37)33-15-4-6-19-38(33)45)31-16-9-21-42-44(31)35-17-7-12-27-13-8-20-41(46-42)43(27)35/h1-26H. The SMILES string of the molecule is c1ccc2c(c1)-c1ccccc1C21c2cc(-c3cccc4c3-c3cccc5cccc(c35)S4)ccc2-c2cc3ccccc3cc21. The Morgan fingerprint density at radius 1 is 0.348 bits per heavy atom. The van der Waals surface area contributed by atoms with Crippen molar-refractivity contribution < 1.29 is 0 Å². The number of hydrogen-bond donors (Lipinski definition) is 0. The van der Waals surface area contributed by atoms with Gasteiger partial charge in [-0.05, 0) is 108 Å². The molecule has 0 fully saturated rings. The summed E-state index contributed by atoms with van der Waals surface area (Å²) in [5.74, 6) is 0. The third kappa shape index (κ3) is 3.02. The third-order valence-corrected chi connectivity index (χ3v) is 11.8. The summed E-state index contributed by atoms with van der Waals surface area (Å²) in [6.45, 7) is 0. The minimum absolute atomic E-state index is 0.381. The van der Waals surface area contributed by atoms with Crippen LogP contribution in [-0.2, 0) is 5.41 Å². The van der Waals surface area contributed by atoms with Gasteiger partial charge < -0.3 is 0 Å². The monoisotopic (exact) mass is 598 g/mol. The maximum absolute atomic E-state index is 2.53. The minimum Gasteiger partial charge on any atom is -0.0888 e. The average Bonchev–Trinajstić information content (AvgIpc) is 3.57. The van der Waals surface area contributed by atoms with Crippen LogP contribution in [-0.4, -0.2) is 0 Å². The summed E-state index contributed by atoms with van der Waals surface area (Å²) < 4.78 is 0. The van der Waals surface area contributed by atoms with Crippen molar-refractivity contribution in [2.24, 2.45) is 0 Å². The van der Waals surface area contributed by atoms with Crippen LogP contribution in [0, 0.1) is 0 Å². The maximum atomic E-state index is 2.53. The van der Waals surface area contributed by atoms with E-state index >= 15 is 0 Å². The van der Waals surface area contributed by atoms with Gasteiger partial charge in [-0.25, -0.2) is 0 Å². The molecule has 0 N–H and O–H groups in total. The largest absolute Gasteiger partial charge is 0.0888 e. The average molecular weight is 599 g/mol. The molecular weight excluding hydrogens is 573 g/mol. The molecule has 11 rings (SSSR count). The first-order valence-corrected chi connectivity index (χ1v) is 16.8. The fourth-order valence-electron chi connectivity index (χ4n) is 8.84. The van der Waals surface area contributed by atoms with Gasteiger partial charge >= 0.3 is 0 Å². The molecule has 0 nitrogen and oxygen atoms in total. The van der Waals surface area contributed by atoms with E-state index in [1.807, 2.05) is 11.8 Å². The normalized spacial score (nSPS) is 14.2. The molecule has 212 valence electrons. The Morgan fingerprint density at radius 3 is 1.72 bits per heavy atom. The Bertz CT molecular complexity index is 2570. The summed E-state index contributed by atoms with van der Waals surface area (Å²) in [6.07, 6.45) is 0. The zero-order chi connectivity index (χ0) is 30.0. The second-order valence-electron chi connectivity index (χ2n) is 12.8. The van der Waals surface area contributed by atoms with Crippen LogP contribution in [0.4, 0.5) is 0 Å². The van der Waals surface area contributed by atoms with Crippen molar-refractivity contribution in [2.75, 3.05) is 0 Å². The van der Waals surface area contributed by atoms with Crippen molar-refractivity contribution in [3.05, 3.63) is 180 Å². The Balaban J connectivity index is 1.24. The van der Waals surface area contributed by atoms with Gasteiger partial charge in [-0.3, -0.25) is 0 Å². The van der Waals surface area contributed by atoms with Crippen LogP contribution < -0.4 is 0 Å². The molecule has 0 radical (unpaired) electrons. The lowest BCUT2D eigenvalue weighted by molar-refractivity contribution is 0.795. The predicted molar refractivity (Wildman–Crippen MR) is 193 cm³/mol. The Morgan fingerprint density at radius 2 is 0.913 bits per heavy atom. The van der Waals surface area contributed by atoms with Gasteiger partial charge in [0.25, 0.3) is 0 Å². The summed E-state index contributed by atoms with van der Waals surface area (Å²) in [7, 11) is 0. The van der Waals surface area contributed by atoms with Crippen LogP contribution in [0.25, 0.3) is 66.1 Å². The van der Waals surface area contributed by atoms with E-state index in [9.17, 15) is 0 Å². The van der Waals surface area contributed by atoms with E-state index in [1.165, 1.54) is 98.1 Å². The fourth-order valence-corrected chi connectivity index (χ4v) is 10.0. The molecule has 1 spiro atoms. The molecular formula is C45H26S. The van der Waals surface area contributed by atoms with E-state index in [0.29, 0.717) is 0 Å². The van der Waals surface area contributed by atoms with Crippen molar-refractivity contribution in [3.63, 3.8) is 0 Å².